The summed E-state index contributed by atoms with van der Waals surface area (Å²) in [6, 6.07) is 13.3. The van der Waals surface area contributed by atoms with E-state index >= 15 is 0 Å². The summed E-state index contributed by atoms with van der Waals surface area (Å²) in [5, 5.41) is 8.71. The highest BCUT2D eigenvalue weighted by Gasteiger charge is 2.18. The number of carbonyl (C=O) groups excluding carboxylic acids is 1. The van der Waals surface area contributed by atoms with Crippen molar-refractivity contribution in [2.24, 2.45) is 5.73 Å². The molecule has 0 aliphatic heterocycles. The van der Waals surface area contributed by atoms with Crippen molar-refractivity contribution >= 4 is 23.0 Å². The summed E-state index contributed by atoms with van der Waals surface area (Å²) in [4.78, 5) is 26.3. The third kappa shape index (κ3) is 6.51. The molecule has 3 N–H and O–H groups in total. The zero-order valence-corrected chi connectivity index (χ0v) is 16.1. The van der Waals surface area contributed by atoms with E-state index in [-0.39, 0.29) is 6.42 Å². The fourth-order valence-corrected chi connectivity index (χ4v) is 2.26. The van der Waals surface area contributed by atoms with E-state index in [9.17, 15) is 9.59 Å². The van der Waals surface area contributed by atoms with Gasteiger partial charge in [-0.2, -0.15) is 0 Å². The van der Waals surface area contributed by atoms with Gasteiger partial charge in [0.15, 0.2) is 12.0 Å². The quantitative estimate of drug-likeness (QED) is 0.662. The fraction of sp³-hybridized carbons (Fsp3) is 0.286. The maximum absolute atomic E-state index is 11.8. The summed E-state index contributed by atoms with van der Waals surface area (Å²) in [7, 11) is 0. The van der Waals surface area contributed by atoms with E-state index in [1.165, 1.54) is 6.39 Å². The highest BCUT2D eigenvalue weighted by molar-refractivity contribution is 5.89. The molecule has 2 aromatic carbocycles. The van der Waals surface area contributed by atoms with E-state index in [4.69, 9.17) is 20.0 Å². The lowest BCUT2D eigenvalue weighted by molar-refractivity contribution is -0.138. The number of ether oxygens (including phenoxy) is 1. The number of nitrogens with two attached hydrogens (primary N) is 1. The lowest BCUT2D eigenvalue weighted by Crippen LogP contribution is -2.32. The van der Waals surface area contributed by atoms with Crippen LogP contribution in [0.15, 0.2) is 59.3 Å². The number of hydrogen-bond donors (Lipinski definition) is 2. The summed E-state index contributed by atoms with van der Waals surface area (Å²) >= 11 is 0. The van der Waals surface area contributed by atoms with Gasteiger partial charge in [-0.25, -0.2) is 9.78 Å². The fourth-order valence-electron chi connectivity index (χ4n) is 2.26. The lowest BCUT2D eigenvalue weighted by Gasteiger charge is -2.19. The van der Waals surface area contributed by atoms with Crippen LogP contribution in [0, 0.1) is 0 Å². The zero-order valence-electron chi connectivity index (χ0n) is 16.1. The molecule has 0 bridgehead atoms. The molecule has 0 fully saturated rings. The molecule has 0 radical (unpaired) electrons. The number of para-hydroxylation sites is 2. The Kier molecular flexibility index (Phi) is 6.89. The Labute approximate surface area is 163 Å². The third-order valence-electron chi connectivity index (χ3n) is 3.60. The van der Waals surface area contributed by atoms with Gasteiger partial charge in [-0.15, -0.1) is 0 Å². The number of oxazole rings is 1. The monoisotopic (exact) mass is 384 g/mol. The van der Waals surface area contributed by atoms with Crippen LogP contribution in [0.3, 0.4) is 0 Å². The largest absolute Gasteiger partial charge is 0.480 e. The Morgan fingerprint density at radius 1 is 1.14 bits per heavy atom. The Bertz CT molecular complexity index is 896. The lowest BCUT2D eigenvalue weighted by atomic mass is 10.0. The van der Waals surface area contributed by atoms with Crippen molar-refractivity contribution in [2.45, 2.75) is 38.8 Å². The van der Waals surface area contributed by atoms with Gasteiger partial charge in [-0.05, 0) is 57.0 Å². The van der Waals surface area contributed by atoms with Gasteiger partial charge >= 0.3 is 11.9 Å². The minimum atomic E-state index is -1.05. The van der Waals surface area contributed by atoms with E-state index in [0.717, 1.165) is 16.7 Å². The van der Waals surface area contributed by atoms with Crippen molar-refractivity contribution in [3.63, 3.8) is 0 Å². The minimum absolute atomic E-state index is 0.226. The van der Waals surface area contributed by atoms with Crippen LogP contribution >= 0.6 is 0 Å². The first-order valence-electron chi connectivity index (χ1n) is 8.74. The number of carboxylic acids is 1. The predicted molar refractivity (Wildman–Crippen MR) is 105 cm³/mol. The van der Waals surface area contributed by atoms with Crippen LogP contribution in [0.1, 0.15) is 36.7 Å². The molecule has 3 aromatic rings. The van der Waals surface area contributed by atoms with Gasteiger partial charge in [0.1, 0.15) is 17.2 Å². The summed E-state index contributed by atoms with van der Waals surface area (Å²) < 4.78 is 10.2. The van der Waals surface area contributed by atoms with Crippen molar-refractivity contribution in [1.82, 2.24) is 4.98 Å². The molecule has 7 heteroatoms. The summed E-state index contributed by atoms with van der Waals surface area (Å²) in [5.41, 5.74) is 7.86. The third-order valence-corrected chi connectivity index (χ3v) is 3.60. The molecule has 0 aliphatic rings. The Morgan fingerprint density at radius 2 is 1.79 bits per heavy atom. The molecule has 0 spiro atoms. The molecule has 0 amide bonds. The number of carboxylic acid groups (broad SMARTS) is 1. The number of rotatable bonds is 4. The van der Waals surface area contributed by atoms with Crippen molar-refractivity contribution in [2.75, 3.05) is 0 Å². The van der Waals surface area contributed by atoms with Gasteiger partial charge < -0.3 is 20.0 Å². The van der Waals surface area contributed by atoms with Crippen LogP contribution < -0.4 is 5.73 Å². The number of aromatic nitrogens is 1. The normalized spacial score (nSPS) is 12.0. The van der Waals surface area contributed by atoms with Gasteiger partial charge in [-0.3, -0.25) is 4.79 Å². The van der Waals surface area contributed by atoms with Crippen LogP contribution in [-0.4, -0.2) is 33.7 Å². The number of nitrogens with zero attached hydrogens (tertiary/aromatic N) is 1. The molecular formula is C21H24N2O5. The topological polar surface area (TPSA) is 116 Å². The second-order valence-electron chi connectivity index (χ2n) is 7.17. The number of fused-ring (bicyclic) bond motifs is 1. The first-order valence-corrected chi connectivity index (χ1v) is 8.74. The molecule has 0 aliphatic carbocycles. The molecular weight excluding hydrogens is 360 g/mol. The SMILES string of the molecule is CC(C)(C)OC(=O)c1ccc(C[C@H](N)C(=O)O)cc1.c1ccc2ocnc2c1. The number of hydrogen-bond acceptors (Lipinski definition) is 6. The summed E-state index contributed by atoms with van der Waals surface area (Å²) in [6.07, 6.45) is 1.68. The Balaban J connectivity index is 0.000000255. The molecule has 28 heavy (non-hydrogen) atoms. The van der Waals surface area contributed by atoms with Gasteiger partial charge in [-0.1, -0.05) is 24.3 Å². The van der Waals surface area contributed by atoms with Gasteiger partial charge in [0.25, 0.3) is 0 Å². The van der Waals surface area contributed by atoms with Crippen LogP contribution in [0.5, 0.6) is 0 Å². The molecule has 7 nitrogen and oxygen atoms in total. The maximum atomic E-state index is 11.8. The van der Waals surface area contributed by atoms with E-state index in [0.29, 0.717) is 5.56 Å². The predicted octanol–water partition coefficient (Wildman–Crippen LogP) is 3.42. The average molecular weight is 384 g/mol. The molecule has 0 unspecified atom stereocenters. The van der Waals surface area contributed by atoms with E-state index in [2.05, 4.69) is 4.98 Å². The number of aliphatic carboxylic acids is 1. The number of benzene rings is 2. The number of carbonyl (C=O) groups is 2. The standard InChI is InChI=1S/C14H19NO4.C7H5NO/c1-14(2,3)19-13(18)10-6-4-9(5-7-10)8-11(15)12(16)17;1-2-4-7-6(3-1)8-5-9-7/h4-7,11H,8,15H2,1-3H3,(H,16,17);1-5H/t11-;/m0./s1. The van der Waals surface area contributed by atoms with Crippen molar-refractivity contribution in [3.05, 3.63) is 66.1 Å². The average Bonchev–Trinajstić information content (AvgIpc) is 3.10. The zero-order chi connectivity index (χ0) is 20.7. The van der Waals surface area contributed by atoms with E-state index in [1.807, 2.05) is 24.3 Å². The smallest absolute Gasteiger partial charge is 0.338 e. The molecule has 0 saturated heterocycles. The van der Waals surface area contributed by atoms with Gasteiger partial charge in [0, 0.05) is 0 Å². The Morgan fingerprint density at radius 3 is 2.36 bits per heavy atom. The minimum Gasteiger partial charge on any atom is -0.480 e. The highest BCUT2D eigenvalue weighted by atomic mass is 16.6. The van der Waals surface area contributed by atoms with Crippen LogP contribution in [0.4, 0.5) is 0 Å². The van der Waals surface area contributed by atoms with Crippen molar-refractivity contribution < 1.29 is 23.8 Å². The highest BCUT2D eigenvalue weighted by Crippen LogP contribution is 2.13. The second-order valence-corrected chi connectivity index (χ2v) is 7.17. The molecule has 1 heterocycles. The number of esters is 1. The van der Waals surface area contributed by atoms with Gasteiger partial charge in [0.2, 0.25) is 0 Å². The van der Waals surface area contributed by atoms with Crippen LogP contribution in [-0.2, 0) is 16.0 Å². The van der Waals surface area contributed by atoms with E-state index < -0.39 is 23.6 Å². The van der Waals surface area contributed by atoms with Crippen LogP contribution in [0.2, 0.25) is 0 Å². The molecule has 1 atom stereocenters. The van der Waals surface area contributed by atoms with Gasteiger partial charge in [0.05, 0.1) is 5.56 Å². The molecule has 1 aromatic heterocycles. The first kappa shape index (κ1) is 21.1. The summed E-state index contributed by atoms with van der Waals surface area (Å²) in [5.74, 6) is -1.45. The Hall–Kier alpha value is -3.19. The summed E-state index contributed by atoms with van der Waals surface area (Å²) in [6.45, 7) is 5.39. The van der Waals surface area contributed by atoms with Crippen molar-refractivity contribution in [3.8, 4) is 0 Å². The molecule has 148 valence electrons. The first-order chi connectivity index (χ1) is 13.2. The second kappa shape index (κ2) is 9.14. The maximum Gasteiger partial charge on any atom is 0.338 e. The van der Waals surface area contributed by atoms with Crippen molar-refractivity contribution in [1.29, 1.82) is 0 Å². The van der Waals surface area contributed by atoms with Crippen LogP contribution in [0.25, 0.3) is 11.1 Å². The molecule has 0 saturated carbocycles. The molecule has 3 rings (SSSR count). The van der Waals surface area contributed by atoms with E-state index in [1.54, 1.807) is 45.0 Å².